The van der Waals surface area contributed by atoms with Gasteiger partial charge in [0.2, 0.25) is 5.56 Å². The molecular formula is C9H6INO2. The van der Waals surface area contributed by atoms with Crippen LogP contribution < -0.4 is 8.63 Å². The fraction of sp³-hybridized carbons (Fsp3) is 0. The van der Waals surface area contributed by atoms with E-state index in [1.54, 1.807) is 35.1 Å². The van der Waals surface area contributed by atoms with Crippen LogP contribution in [0.4, 0.5) is 0 Å². The van der Waals surface area contributed by atoms with Crippen molar-refractivity contribution in [3.63, 3.8) is 0 Å². The Hall–Kier alpha value is -1.04. The molecule has 0 bridgehead atoms. The van der Waals surface area contributed by atoms with Gasteiger partial charge < -0.3 is 8.05 Å². The Kier molecular flexibility index (Phi) is 2.22. The van der Waals surface area contributed by atoms with Gasteiger partial charge in [-0.25, -0.2) is 0 Å². The summed E-state index contributed by atoms with van der Waals surface area (Å²) >= 11 is 1.80. The number of nitrogens with one attached hydrogen (secondary N) is 1. The van der Waals surface area contributed by atoms with Gasteiger partial charge in [-0.1, -0.05) is 0 Å². The number of aromatic nitrogens is 1. The third-order valence-electron chi connectivity index (χ3n) is 1.79. The monoisotopic (exact) mass is 287 g/mol. The number of aromatic amines is 1. The molecule has 0 aliphatic carbocycles. The fourth-order valence-corrected chi connectivity index (χ4v) is 1.45. The molecule has 0 radical (unpaired) electrons. The summed E-state index contributed by atoms with van der Waals surface area (Å²) in [4.78, 5) is 13.7. The van der Waals surface area contributed by atoms with Crippen molar-refractivity contribution in [3.05, 3.63) is 40.7 Å². The summed E-state index contributed by atoms with van der Waals surface area (Å²) in [6.07, 6.45) is 0. The van der Waals surface area contributed by atoms with E-state index in [1.807, 2.05) is 12.1 Å². The molecular weight excluding hydrogens is 281 g/mol. The SMILES string of the molecule is O=c1ccc2ccc(OI)cc2[nH]1. The molecule has 0 aliphatic heterocycles. The minimum absolute atomic E-state index is 0.0990. The average Bonchev–Trinajstić information content (AvgIpc) is 2.16. The van der Waals surface area contributed by atoms with E-state index in [9.17, 15) is 4.79 Å². The molecule has 2 aromatic rings. The number of hydrogen-bond donors (Lipinski definition) is 1. The molecule has 0 unspecified atom stereocenters. The Morgan fingerprint density at radius 2 is 2.00 bits per heavy atom. The van der Waals surface area contributed by atoms with Crippen molar-refractivity contribution in [2.75, 3.05) is 0 Å². The molecule has 0 atom stereocenters. The van der Waals surface area contributed by atoms with Crippen LogP contribution in [0.5, 0.6) is 5.75 Å². The average molecular weight is 287 g/mol. The highest BCUT2D eigenvalue weighted by molar-refractivity contribution is 14.1. The van der Waals surface area contributed by atoms with E-state index in [-0.39, 0.29) is 5.56 Å². The molecule has 0 fully saturated rings. The number of benzene rings is 1. The van der Waals surface area contributed by atoms with E-state index in [1.165, 1.54) is 6.07 Å². The van der Waals surface area contributed by atoms with Crippen LogP contribution >= 0.6 is 23.0 Å². The third-order valence-corrected chi connectivity index (χ3v) is 2.29. The van der Waals surface area contributed by atoms with Gasteiger partial charge in [0.05, 0.1) is 5.52 Å². The second-order valence-corrected chi connectivity index (χ2v) is 3.09. The maximum absolute atomic E-state index is 11.0. The van der Waals surface area contributed by atoms with Crippen LogP contribution in [0.3, 0.4) is 0 Å². The molecule has 0 saturated heterocycles. The molecule has 1 heterocycles. The van der Waals surface area contributed by atoms with Gasteiger partial charge in [-0.2, -0.15) is 0 Å². The maximum Gasteiger partial charge on any atom is 0.248 e. The summed E-state index contributed by atoms with van der Waals surface area (Å²) < 4.78 is 5.01. The molecule has 4 heteroatoms. The Balaban J connectivity index is 2.75. The molecule has 1 aromatic heterocycles. The van der Waals surface area contributed by atoms with Crippen LogP contribution in [0, 0.1) is 0 Å². The second-order valence-electron chi connectivity index (χ2n) is 2.65. The quantitative estimate of drug-likeness (QED) is 0.817. The van der Waals surface area contributed by atoms with E-state index in [0.717, 1.165) is 16.7 Å². The van der Waals surface area contributed by atoms with Crippen LogP contribution in [0.25, 0.3) is 10.9 Å². The predicted molar refractivity (Wildman–Crippen MR) is 59.2 cm³/mol. The molecule has 0 spiro atoms. The summed E-state index contributed by atoms with van der Waals surface area (Å²) in [6.45, 7) is 0. The van der Waals surface area contributed by atoms with Crippen LogP contribution in [-0.2, 0) is 0 Å². The summed E-state index contributed by atoms with van der Waals surface area (Å²) in [7, 11) is 0. The van der Waals surface area contributed by atoms with E-state index in [2.05, 4.69) is 4.98 Å². The van der Waals surface area contributed by atoms with Crippen molar-refractivity contribution in [2.45, 2.75) is 0 Å². The highest BCUT2D eigenvalue weighted by Gasteiger charge is 1.96. The first-order valence-corrected chi connectivity index (χ1v) is 4.59. The molecule has 0 saturated carbocycles. The van der Waals surface area contributed by atoms with Crippen molar-refractivity contribution in [1.82, 2.24) is 4.98 Å². The van der Waals surface area contributed by atoms with E-state index in [4.69, 9.17) is 3.07 Å². The van der Waals surface area contributed by atoms with Crippen LogP contribution in [0.1, 0.15) is 0 Å². The summed E-state index contributed by atoms with van der Waals surface area (Å²) in [6, 6.07) is 8.84. The first kappa shape index (κ1) is 8.55. The zero-order valence-electron chi connectivity index (χ0n) is 6.58. The highest BCUT2D eigenvalue weighted by atomic mass is 127. The van der Waals surface area contributed by atoms with Gasteiger partial charge in [0, 0.05) is 12.1 Å². The van der Waals surface area contributed by atoms with Gasteiger partial charge in [0.25, 0.3) is 0 Å². The van der Waals surface area contributed by atoms with Gasteiger partial charge in [0.15, 0.2) is 23.0 Å². The van der Waals surface area contributed by atoms with Gasteiger partial charge in [-0.3, -0.25) is 4.79 Å². The standard InChI is InChI=1S/C9H6INO2/c10-13-7-3-1-6-2-4-9(12)11-8(6)5-7/h1-5H,(H,11,12). The summed E-state index contributed by atoms with van der Waals surface area (Å²) in [5.74, 6) is 0.731. The third kappa shape index (κ3) is 1.67. The van der Waals surface area contributed by atoms with Crippen molar-refractivity contribution in [3.8, 4) is 5.75 Å². The predicted octanol–water partition coefficient (Wildman–Crippen LogP) is 2.26. The first-order chi connectivity index (χ1) is 6.29. The molecule has 0 aliphatic rings. The van der Waals surface area contributed by atoms with Crippen LogP contribution in [0.2, 0.25) is 0 Å². The zero-order chi connectivity index (χ0) is 9.26. The van der Waals surface area contributed by atoms with Gasteiger partial charge >= 0.3 is 0 Å². The lowest BCUT2D eigenvalue weighted by molar-refractivity contribution is 0.718. The molecule has 66 valence electrons. The Morgan fingerprint density at radius 1 is 1.23 bits per heavy atom. The number of rotatable bonds is 1. The van der Waals surface area contributed by atoms with E-state index < -0.39 is 0 Å². The number of halogens is 1. The van der Waals surface area contributed by atoms with Gasteiger partial charge in [0.1, 0.15) is 5.75 Å². The highest BCUT2D eigenvalue weighted by Crippen LogP contribution is 2.19. The maximum atomic E-state index is 11.0. The Labute approximate surface area is 88.4 Å². The van der Waals surface area contributed by atoms with Crippen molar-refractivity contribution < 1.29 is 3.07 Å². The second kappa shape index (κ2) is 3.37. The lowest BCUT2D eigenvalue weighted by atomic mass is 10.2. The minimum Gasteiger partial charge on any atom is -0.428 e. The topological polar surface area (TPSA) is 42.1 Å². The lowest BCUT2D eigenvalue weighted by Crippen LogP contribution is -2.01. The molecule has 1 aromatic carbocycles. The largest absolute Gasteiger partial charge is 0.428 e. The van der Waals surface area contributed by atoms with Gasteiger partial charge in [-0.05, 0) is 23.6 Å². The minimum atomic E-state index is -0.0990. The number of pyridine rings is 1. The Bertz CT molecular complexity index is 492. The smallest absolute Gasteiger partial charge is 0.248 e. The Morgan fingerprint density at radius 3 is 2.77 bits per heavy atom. The van der Waals surface area contributed by atoms with Crippen LogP contribution in [0.15, 0.2) is 35.1 Å². The van der Waals surface area contributed by atoms with E-state index in [0.29, 0.717) is 0 Å². The lowest BCUT2D eigenvalue weighted by Gasteiger charge is -1.99. The summed E-state index contributed by atoms with van der Waals surface area (Å²) in [5, 5.41) is 0.997. The zero-order valence-corrected chi connectivity index (χ0v) is 8.74. The van der Waals surface area contributed by atoms with E-state index >= 15 is 0 Å². The molecule has 1 N–H and O–H groups in total. The van der Waals surface area contributed by atoms with Crippen LogP contribution in [-0.4, -0.2) is 4.98 Å². The molecule has 2 rings (SSSR count). The fourth-order valence-electron chi connectivity index (χ4n) is 1.18. The first-order valence-electron chi connectivity index (χ1n) is 3.71. The molecule has 3 nitrogen and oxygen atoms in total. The summed E-state index contributed by atoms with van der Waals surface area (Å²) in [5.41, 5.74) is 0.694. The number of hydrogen-bond acceptors (Lipinski definition) is 2. The molecule has 0 amide bonds. The van der Waals surface area contributed by atoms with Crippen molar-refractivity contribution in [1.29, 1.82) is 0 Å². The van der Waals surface area contributed by atoms with Crippen molar-refractivity contribution >= 4 is 33.9 Å². The normalized spacial score (nSPS) is 10.2. The number of fused-ring (bicyclic) bond motifs is 1. The van der Waals surface area contributed by atoms with Crippen molar-refractivity contribution in [2.24, 2.45) is 0 Å². The molecule has 13 heavy (non-hydrogen) atoms. The van der Waals surface area contributed by atoms with Gasteiger partial charge in [-0.15, -0.1) is 0 Å². The number of H-pyrrole nitrogens is 1.